The first kappa shape index (κ1) is 12.4. The second kappa shape index (κ2) is 4.80. The number of carbonyl (C=O) groups excluding carboxylic acids is 1. The molecule has 102 valence electrons. The number of oxazole rings is 1. The first-order valence-corrected chi connectivity index (χ1v) is 6.29. The Morgan fingerprint density at radius 3 is 2.95 bits per heavy atom. The fraction of sp³-hybridized carbons (Fsp3) is 0.214. The maximum Gasteiger partial charge on any atom is 0.357 e. The van der Waals surface area contributed by atoms with Gasteiger partial charge in [0.1, 0.15) is 5.52 Å². The third-order valence-corrected chi connectivity index (χ3v) is 2.78. The van der Waals surface area contributed by atoms with Crippen molar-refractivity contribution in [2.75, 3.05) is 6.61 Å². The number of carbonyl (C=O) groups is 1. The van der Waals surface area contributed by atoms with E-state index < -0.39 is 5.97 Å². The van der Waals surface area contributed by atoms with Crippen molar-refractivity contribution in [3.8, 4) is 6.01 Å². The summed E-state index contributed by atoms with van der Waals surface area (Å²) in [6.07, 6.45) is 0. The molecule has 2 heterocycles. The number of hydrogen-bond acceptors (Lipinski definition) is 5. The van der Waals surface area contributed by atoms with Crippen LogP contribution in [0.25, 0.3) is 17.1 Å². The van der Waals surface area contributed by atoms with Gasteiger partial charge in [-0.15, -0.1) is 0 Å². The lowest BCUT2D eigenvalue weighted by Gasteiger charge is -2.02. The molecular formula is C14H13N3O3. The van der Waals surface area contributed by atoms with Crippen LogP contribution in [-0.2, 0) is 4.74 Å². The van der Waals surface area contributed by atoms with E-state index in [9.17, 15) is 4.79 Å². The summed E-state index contributed by atoms with van der Waals surface area (Å²) >= 11 is 0. The highest BCUT2D eigenvalue weighted by atomic mass is 16.5. The van der Waals surface area contributed by atoms with Crippen molar-refractivity contribution in [2.45, 2.75) is 13.8 Å². The van der Waals surface area contributed by atoms with E-state index in [2.05, 4.69) is 10.1 Å². The SMILES string of the molecule is CCOC(=O)c1cc(C)nn1-c1nc2ccccc2o1. The first-order chi connectivity index (χ1) is 9.69. The van der Waals surface area contributed by atoms with Crippen LogP contribution in [0.15, 0.2) is 34.7 Å². The summed E-state index contributed by atoms with van der Waals surface area (Å²) < 4.78 is 12.0. The predicted octanol–water partition coefficient (Wildman–Crippen LogP) is 2.50. The number of rotatable bonds is 3. The topological polar surface area (TPSA) is 70.2 Å². The van der Waals surface area contributed by atoms with Crippen LogP contribution in [0.4, 0.5) is 0 Å². The van der Waals surface area contributed by atoms with Gasteiger partial charge in [-0.2, -0.15) is 14.8 Å². The standard InChI is InChI=1S/C14H13N3O3/c1-3-19-13(18)11-8-9(2)16-17(11)14-15-10-6-4-5-7-12(10)20-14/h4-8H,3H2,1-2H3. The zero-order chi connectivity index (χ0) is 14.1. The fourth-order valence-electron chi connectivity index (χ4n) is 1.95. The molecule has 0 radical (unpaired) electrons. The molecule has 0 aliphatic heterocycles. The largest absolute Gasteiger partial charge is 0.461 e. The number of aryl methyl sites for hydroxylation is 1. The third-order valence-electron chi connectivity index (χ3n) is 2.78. The molecule has 3 rings (SSSR count). The van der Waals surface area contributed by atoms with Crippen molar-refractivity contribution >= 4 is 17.1 Å². The van der Waals surface area contributed by atoms with Crippen molar-refractivity contribution in [1.29, 1.82) is 0 Å². The molecule has 0 spiro atoms. The summed E-state index contributed by atoms with van der Waals surface area (Å²) in [6.45, 7) is 3.85. The Morgan fingerprint density at radius 1 is 1.40 bits per heavy atom. The summed E-state index contributed by atoms with van der Waals surface area (Å²) in [5.74, 6) is -0.449. The lowest BCUT2D eigenvalue weighted by atomic mass is 10.3. The monoisotopic (exact) mass is 271 g/mol. The van der Waals surface area contributed by atoms with E-state index in [0.717, 1.165) is 0 Å². The molecule has 0 saturated heterocycles. The van der Waals surface area contributed by atoms with Crippen LogP contribution in [0.3, 0.4) is 0 Å². The number of fused-ring (bicyclic) bond motifs is 1. The van der Waals surface area contributed by atoms with E-state index in [1.807, 2.05) is 24.3 Å². The highest BCUT2D eigenvalue weighted by molar-refractivity contribution is 5.88. The zero-order valence-corrected chi connectivity index (χ0v) is 11.2. The first-order valence-electron chi connectivity index (χ1n) is 6.29. The predicted molar refractivity (Wildman–Crippen MR) is 71.8 cm³/mol. The van der Waals surface area contributed by atoms with Crippen LogP contribution in [0.2, 0.25) is 0 Å². The lowest BCUT2D eigenvalue weighted by Crippen LogP contribution is -2.12. The summed E-state index contributed by atoms with van der Waals surface area (Å²) in [7, 11) is 0. The Kier molecular flexibility index (Phi) is 2.98. The minimum Gasteiger partial charge on any atom is -0.461 e. The fourth-order valence-corrected chi connectivity index (χ4v) is 1.95. The molecule has 20 heavy (non-hydrogen) atoms. The van der Waals surface area contributed by atoms with Crippen LogP contribution in [0.1, 0.15) is 23.1 Å². The van der Waals surface area contributed by atoms with Crippen LogP contribution in [0, 0.1) is 6.92 Å². The van der Waals surface area contributed by atoms with Crippen LogP contribution in [-0.4, -0.2) is 27.3 Å². The number of para-hydroxylation sites is 2. The van der Waals surface area contributed by atoms with Gasteiger partial charge in [0.2, 0.25) is 0 Å². The molecule has 0 aliphatic rings. The van der Waals surface area contributed by atoms with Crippen LogP contribution in [0.5, 0.6) is 0 Å². The maximum atomic E-state index is 11.9. The van der Waals surface area contributed by atoms with Crippen molar-refractivity contribution in [2.24, 2.45) is 0 Å². The van der Waals surface area contributed by atoms with Gasteiger partial charge < -0.3 is 9.15 Å². The van der Waals surface area contributed by atoms with E-state index in [-0.39, 0.29) is 6.01 Å². The van der Waals surface area contributed by atoms with Gasteiger partial charge in [0.25, 0.3) is 0 Å². The molecule has 0 saturated carbocycles. The minimum atomic E-state index is -0.449. The normalized spacial score (nSPS) is 10.9. The van der Waals surface area contributed by atoms with Crippen molar-refractivity contribution in [3.05, 3.63) is 41.7 Å². The molecule has 1 aromatic carbocycles. The smallest absolute Gasteiger partial charge is 0.357 e. The Balaban J connectivity index is 2.11. The van der Waals surface area contributed by atoms with E-state index >= 15 is 0 Å². The summed E-state index contributed by atoms with van der Waals surface area (Å²) in [4.78, 5) is 16.2. The van der Waals surface area contributed by atoms with Gasteiger partial charge in [0.15, 0.2) is 11.3 Å². The maximum absolute atomic E-state index is 11.9. The average Bonchev–Trinajstić information content (AvgIpc) is 3.01. The van der Waals surface area contributed by atoms with Crippen LogP contribution >= 0.6 is 0 Å². The van der Waals surface area contributed by atoms with E-state index in [0.29, 0.717) is 29.1 Å². The van der Waals surface area contributed by atoms with Gasteiger partial charge in [0, 0.05) is 0 Å². The molecule has 3 aromatic rings. The molecule has 0 N–H and O–H groups in total. The van der Waals surface area contributed by atoms with E-state index in [1.165, 1.54) is 4.68 Å². The van der Waals surface area contributed by atoms with Gasteiger partial charge in [-0.1, -0.05) is 12.1 Å². The molecule has 0 fully saturated rings. The number of esters is 1. The molecule has 6 nitrogen and oxygen atoms in total. The zero-order valence-electron chi connectivity index (χ0n) is 11.2. The Morgan fingerprint density at radius 2 is 2.20 bits per heavy atom. The number of ether oxygens (including phenoxy) is 1. The molecule has 6 heteroatoms. The number of benzene rings is 1. The van der Waals surface area contributed by atoms with Gasteiger partial charge >= 0.3 is 12.0 Å². The minimum absolute atomic E-state index is 0.252. The number of aromatic nitrogens is 3. The Hall–Kier alpha value is -2.63. The molecule has 0 atom stereocenters. The highest BCUT2D eigenvalue weighted by Gasteiger charge is 2.19. The van der Waals surface area contributed by atoms with Gasteiger partial charge in [0.05, 0.1) is 12.3 Å². The van der Waals surface area contributed by atoms with Gasteiger partial charge in [-0.3, -0.25) is 0 Å². The van der Waals surface area contributed by atoms with E-state index in [4.69, 9.17) is 9.15 Å². The molecule has 2 aromatic heterocycles. The third kappa shape index (κ3) is 2.05. The molecule has 0 aliphatic carbocycles. The molecule has 0 amide bonds. The average molecular weight is 271 g/mol. The van der Waals surface area contributed by atoms with Crippen molar-refractivity contribution in [1.82, 2.24) is 14.8 Å². The summed E-state index contributed by atoms with van der Waals surface area (Å²) in [6, 6.07) is 9.27. The summed E-state index contributed by atoms with van der Waals surface area (Å²) in [5, 5.41) is 4.24. The van der Waals surface area contributed by atoms with Gasteiger partial charge in [-0.25, -0.2) is 4.79 Å². The lowest BCUT2D eigenvalue weighted by molar-refractivity contribution is 0.0514. The second-order valence-corrected chi connectivity index (χ2v) is 4.27. The highest BCUT2D eigenvalue weighted by Crippen LogP contribution is 2.19. The second-order valence-electron chi connectivity index (χ2n) is 4.27. The van der Waals surface area contributed by atoms with Crippen molar-refractivity contribution in [3.63, 3.8) is 0 Å². The van der Waals surface area contributed by atoms with Crippen LogP contribution < -0.4 is 0 Å². The molecule has 0 bridgehead atoms. The number of nitrogens with zero attached hydrogens (tertiary/aromatic N) is 3. The molecular weight excluding hydrogens is 258 g/mol. The Bertz CT molecular complexity index is 740. The van der Waals surface area contributed by atoms with E-state index in [1.54, 1.807) is 19.9 Å². The molecule has 0 unspecified atom stereocenters. The Labute approximate surface area is 115 Å². The quantitative estimate of drug-likeness (QED) is 0.684. The van der Waals surface area contributed by atoms with Gasteiger partial charge in [-0.05, 0) is 32.0 Å². The van der Waals surface area contributed by atoms with Crippen molar-refractivity contribution < 1.29 is 13.9 Å². The summed E-state index contributed by atoms with van der Waals surface area (Å²) in [5.41, 5.74) is 2.35. The number of hydrogen-bond donors (Lipinski definition) is 0.